The second-order valence-corrected chi connectivity index (χ2v) is 4.63. The van der Waals surface area contributed by atoms with E-state index >= 15 is 0 Å². The van der Waals surface area contributed by atoms with E-state index in [1.165, 1.54) is 36.3 Å². The number of amides is 1. The van der Waals surface area contributed by atoms with Gasteiger partial charge in [0.15, 0.2) is 0 Å². The number of benzene rings is 1. The highest BCUT2D eigenvalue weighted by Crippen LogP contribution is 2.34. The summed E-state index contributed by atoms with van der Waals surface area (Å²) in [7, 11) is 1.42. The third-order valence-electron chi connectivity index (χ3n) is 3.58. The molecule has 2 atom stereocenters. The molecule has 6 heteroatoms. The second-order valence-electron chi connectivity index (χ2n) is 4.63. The molecule has 2 N–H and O–H groups in total. The largest absolute Gasteiger partial charge is 0.465 e. The highest BCUT2D eigenvalue weighted by Gasteiger charge is 2.44. The molecule has 0 aromatic heterocycles. The Hall–Kier alpha value is -1.66. The van der Waals surface area contributed by atoms with E-state index in [1.54, 1.807) is 0 Å². The summed E-state index contributed by atoms with van der Waals surface area (Å²) in [5.74, 6) is -0.385. The zero-order valence-electron chi connectivity index (χ0n) is 10.5. The van der Waals surface area contributed by atoms with Crippen molar-refractivity contribution in [1.82, 2.24) is 4.90 Å². The summed E-state index contributed by atoms with van der Waals surface area (Å²) in [5.41, 5.74) is -0.764. The lowest BCUT2D eigenvalue weighted by atomic mass is 9.82. The lowest BCUT2D eigenvalue weighted by Gasteiger charge is -2.43. The Morgan fingerprint density at radius 1 is 1.47 bits per heavy atom. The summed E-state index contributed by atoms with van der Waals surface area (Å²) < 4.78 is 18.1. The average Bonchev–Trinajstić information content (AvgIpc) is 2.39. The number of halogens is 1. The minimum Gasteiger partial charge on any atom is -0.465 e. The van der Waals surface area contributed by atoms with Crippen molar-refractivity contribution in [2.24, 2.45) is 0 Å². The first kappa shape index (κ1) is 13.8. The first-order valence-electron chi connectivity index (χ1n) is 5.96. The zero-order valence-corrected chi connectivity index (χ0v) is 10.5. The third kappa shape index (κ3) is 2.54. The van der Waals surface area contributed by atoms with Crippen LogP contribution in [-0.4, -0.2) is 47.5 Å². The monoisotopic (exact) mass is 269 g/mol. The molecule has 1 heterocycles. The fourth-order valence-electron chi connectivity index (χ4n) is 2.42. The molecule has 2 rings (SSSR count). The molecule has 0 spiro atoms. The van der Waals surface area contributed by atoms with Crippen LogP contribution in [0.5, 0.6) is 0 Å². The van der Waals surface area contributed by atoms with E-state index in [9.17, 15) is 14.3 Å². The Morgan fingerprint density at radius 2 is 2.11 bits per heavy atom. The molecule has 1 saturated heterocycles. The predicted octanol–water partition coefficient (Wildman–Crippen LogP) is 1.41. The molecule has 1 amide bonds. The van der Waals surface area contributed by atoms with Gasteiger partial charge in [0.25, 0.3) is 0 Å². The predicted molar refractivity (Wildman–Crippen MR) is 65.3 cm³/mol. The van der Waals surface area contributed by atoms with Crippen molar-refractivity contribution >= 4 is 6.09 Å². The lowest BCUT2D eigenvalue weighted by molar-refractivity contribution is -0.134. The molecule has 104 valence electrons. The number of rotatable bonds is 2. The maximum Gasteiger partial charge on any atom is 0.407 e. The van der Waals surface area contributed by atoms with Crippen molar-refractivity contribution < 1.29 is 24.1 Å². The Kier molecular flexibility index (Phi) is 3.73. The minimum atomic E-state index is -1.30. The maximum absolute atomic E-state index is 12.9. The van der Waals surface area contributed by atoms with Crippen LogP contribution in [0.4, 0.5) is 9.18 Å². The molecular weight excluding hydrogens is 253 g/mol. The topological polar surface area (TPSA) is 70.0 Å². The van der Waals surface area contributed by atoms with Gasteiger partial charge in [0.2, 0.25) is 0 Å². The van der Waals surface area contributed by atoms with Crippen molar-refractivity contribution in [2.45, 2.75) is 18.1 Å². The number of hydrogen-bond acceptors (Lipinski definition) is 3. The quantitative estimate of drug-likeness (QED) is 0.851. The fourth-order valence-corrected chi connectivity index (χ4v) is 2.42. The molecule has 1 aliphatic heterocycles. The van der Waals surface area contributed by atoms with Gasteiger partial charge in [0.05, 0.1) is 6.54 Å². The molecule has 1 aromatic carbocycles. The van der Waals surface area contributed by atoms with E-state index in [0.29, 0.717) is 5.56 Å². The highest BCUT2D eigenvalue weighted by molar-refractivity contribution is 5.65. The first-order valence-corrected chi connectivity index (χ1v) is 5.96. The maximum atomic E-state index is 12.9. The second kappa shape index (κ2) is 5.14. The van der Waals surface area contributed by atoms with Crippen LogP contribution in [0.1, 0.15) is 12.0 Å². The number of methoxy groups -OCH3 is 1. The van der Waals surface area contributed by atoms with Crippen molar-refractivity contribution in [3.05, 3.63) is 35.6 Å². The van der Waals surface area contributed by atoms with Crippen LogP contribution in [0.2, 0.25) is 0 Å². The molecule has 0 unspecified atom stereocenters. The summed E-state index contributed by atoms with van der Waals surface area (Å²) >= 11 is 0. The number of hydrogen-bond donors (Lipinski definition) is 2. The van der Waals surface area contributed by atoms with Crippen LogP contribution < -0.4 is 0 Å². The van der Waals surface area contributed by atoms with Crippen LogP contribution >= 0.6 is 0 Å². The van der Waals surface area contributed by atoms with Gasteiger partial charge in [-0.05, 0) is 17.7 Å². The molecular formula is C13H16FNO4. The summed E-state index contributed by atoms with van der Waals surface area (Å²) in [5, 5.41) is 19.7. The van der Waals surface area contributed by atoms with Gasteiger partial charge in [-0.3, -0.25) is 0 Å². The number of carbonyl (C=O) groups is 1. The first-order chi connectivity index (χ1) is 8.97. The average molecular weight is 269 g/mol. The van der Waals surface area contributed by atoms with Gasteiger partial charge < -0.3 is 19.8 Å². The van der Waals surface area contributed by atoms with Crippen LogP contribution in [0, 0.1) is 5.82 Å². The van der Waals surface area contributed by atoms with Crippen molar-refractivity contribution in [1.29, 1.82) is 0 Å². The molecule has 0 radical (unpaired) electrons. The molecule has 1 aliphatic rings. The Bertz CT molecular complexity index is 464. The molecule has 0 saturated carbocycles. The van der Waals surface area contributed by atoms with Crippen molar-refractivity contribution in [3.63, 3.8) is 0 Å². The van der Waals surface area contributed by atoms with Gasteiger partial charge in [-0.2, -0.15) is 0 Å². The summed E-state index contributed by atoms with van der Waals surface area (Å²) in [6.45, 7) is 0.294. The minimum absolute atomic E-state index is 0.0830. The molecule has 0 aliphatic carbocycles. The van der Waals surface area contributed by atoms with E-state index in [-0.39, 0.29) is 25.3 Å². The van der Waals surface area contributed by atoms with E-state index in [2.05, 4.69) is 0 Å². The fraction of sp³-hybridized carbons (Fsp3) is 0.462. The van der Waals surface area contributed by atoms with Crippen LogP contribution in [0.25, 0.3) is 0 Å². The number of aliphatic hydroxyl groups is 1. The molecule has 19 heavy (non-hydrogen) atoms. The summed E-state index contributed by atoms with van der Waals surface area (Å²) in [4.78, 5) is 12.1. The van der Waals surface area contributed by atoms with E-state index in [0.717, 1.165) is 0 Å². The zero-order chi connectivity index (χ0) is 14.0. The Balaban J connectivity index is 2.27. The van der Waals surface area contributed by atoms with Gasteiger partial charge in [0, 0.05) is 20.1 Å². The van der Waals surface area contributed by atoms with Crippen molar-refractivity contribution in [2.75, 3.05) is 20.2 Å². The SMILES string of the molecule is CO[C@H]1CN(C(=O)O)CC[C@]1(O)c1ccc(F)cc1. The Morgan fingerprint density at radius 3 is 2.63 bits per heavy atom. The van der Waals surface area contributed by atoms with E-state index < -0.39 is 17.8 Å². The van der Waals surface area contributed by atoms with Crippen molar-refractivity contribution in [3.8, 4) is 0 Å². The van der Waals surface area contributed by atoms with Gasteiger partial charge in [-0.15, -0.1) is 0 Å². The van der Waals surface area contributed by atoms with Gasteiger partial charge in [-0.25, -0.2) is 9.18 Å². The normalized spacial score (nSPS) is 27.3. The highest BCUT2D eigenvalue weighted by atomic mass is 19.1. The molecule has 1 fully saturated rings. The van der Waals surface area contributed by atoms with Crippen LogP contribution in [-0.2, 0) is 10.3 Å². The van der Waals surface area contributed by atoms with E-state index in [1.807, 2.05) is 0 Å². The van der Waals surface area contributed by atoms with E-state index in [4.69, 9.17) is 9.84 Å². The lowest BCUT2D eigenvalue weighted by Crippen LogP contribution is -2.55. The van der Waals surface area contributed by atoms with Gasteiger partial charge in [-0.1, -0.05) is 12.1 Å². The van der Waals surface area contributed by atoms with Gasteiger partial charge in [0.1, 0.15) is 17.5 Å². The standard InChI is InChI=1S/C13H16FNO4/c1-19-11-8-15(12(16)17)7-6-13(11,18)9-2-4-10(14)5-3-9/h2-5,11,18H,6-8H2,1H3,(H,16,17)/t11-,13-/m0/s1. The third-order valence-corrected chi connectivity index (χ3v) is 3.58. The number of carboxylic acid groups (broad SMARTS) is 1. The van der Waals surface area contributed by atoms with Crippen LogP contribution in [0.3, 0.4) is 0 Å². The Labute approximate surface area is 110 Å². The smallest absolute Gasteiger partial charge is 0.407 e. The number of piperidine rings is 1. The molecule has 1 aromatic rings. The molecule has 0 bridgehead atoms. The molecule has 5 nitrogen and oxygen atoms in total. The van der Waals surface area contributed by atoms with Crippen LogP contribution in [0.15, 0.2) is 24.3 Å². The summed E-state index contributed by atoms with van der Waals surface area (Å²) in [6, 6.07) is 5.53. The number of likely N-dealkylation sites (tertiary alicyclic amines) is 1. The van der Waals surface area contributed by atoms with Gasteiger partial charge >= 0.3 is 6.09 Å². The summed E-state index contributed by atoms with van der Waals surface area (Å²) in [6.07, 6.45) is -1.50. The number of ether oxygens (including phenoxy) is 1. The number of nitrogens with zero attached hydrogens (tertiary/aromatic N) is 1.